The van der Waals surface area contributed by atoms with E-state index in [1.165, 1.54) is 11.3 Å². The van der Waals surface area contributed by atoms with Crippen LogP contribution >= 0.6 is 11.3 Å². The van der Waals surface area contributed by atoms with Crippen LogP contribution in [0.4, 0.5) is 0 Å². The number of hydrogen-bond acceptors (Lipinski definition) is 7. The summed E-state index contributed by atoms with van der Waals surface area (Å²) in [6.45, 7) is 1.93. The minimum absolute atomic E-state index is 0.164. The van der Waals surface area contributed by atoms with E-state index >= 15 is 0 Å². The summed E-state index contributed by atoms with van der Waals surface area (Å²) in [5.41, 5.74) is 2.45. The summed E-state index contributed by atoms with van der Waals surface area (Å²) in [4.78, 5) is 24.3. The van der Waals surface area contributed by atoms with Gasteiger partial charge in [-0.3, -0.25) is 9.78 Å². The molecule has 1 saturated carbocycles. The molecule has 0 aliphatic heterocycles. The highest BCUT2D eigenvalue weighted by Gasteiger charge is 2.27. The Kier molecular flexibility index (Phi) is 5.46. The molecule has 7 heteroatoms. The number of fused-ring (bicyclic) bond motifs is 1. The molecule has 3 aromatic rings. The second-order valence-corrected chi connectivity index (χ2v) is 8.98. The topological polar surface area (TPSA) is 71.9 Å². The van der Waals surface area contributed by atoms with Gasteiger partial charge < -0.3 is 4.90 Å². The molecule has 0 amide bonds. The van der Waals surface area contributed by atoms with E-state index < -0.39 is 0 Å². The van der Waals surface area contributed by atoms with Crippen molar-refractivity contribution in [3.8, 4) is 10.7 Å². The molecule has 0 saturated heterocycles. The lowest BCUT2D eigenvalue weighted by Gasteiger charge is -2.31. The molecular formula is C21H25N5OS. The van der Waals surface area contributed by atoms with Gasteiger partial charge in [0.15, 0.2) is 5.01 Å². The molecule has 1 aliphatic rings. The lowest BCUT2D eigenvalue weighted by molar-refractivity contribution is -0.123. The van der Waals surface area contributed by atoms with Crippen molar-refractivity contribution in [2.75, 3.05) is 14.1 Å². The van der Waals surface area contributed by atoms with Crippen LogP contribution in [0.15, 0.2) is 24.4 Å². The van der Waals surface area contributed by atoms with E-state index in [-0.39, 0.29) is 5.92 Å². The van der Waals surface area contributed by atoms with Gasteiger partial charge >= 0.3 is 0 Å². The number of rotatable bonds is 5. The Labute approximate surface area is 169 Å². The zero-order valence-electron chi connectivity index (χ0n) is 16.6. The first-order valence-corrected chi connectivity index (χ1v) is 10.6. The molecule has 3 heterocycles. The summed E-state index contributed by atoms with van der Waals surface area (Å²) in [5, 5.41) is 10.9. The number of carbonyl (C=O) groups excluding carboxylic acids is 1. The first kappa shape index (κ1) is 19.1. The van der Waals surface area contributed by atoms with Crippen LogP contribution in [0.3, 0.4) is 0 Å². The molecule has 6 nitrogen and oxygen atoms in total. The Morgan fingerprint density at radius 3 is 2.64 bits per heavy atom. The third kappa shape index (κ3) is 4.10. The number of aromatic nitrogens is 4. The van der Waals surface area contributed by atoms with Crippen molar-refractivity contribution in [3.05, 3.63) is 35.1 Å². The minimum atomic E-state index is 0.164. The molecular weight excluding hydrogens is 370 g/mol. The highest BCUT2D eigenvalue weighted by atomic mass is 32.1. The van der Waals surface area contributed by atoms with Crippen LogP contribution in [0.2, 0.25) is 0 Å². The maximum atomic E-state index is 12.8. The van der Waals surface area contributed by atoms with Gasteiger partial charge in [0.2, 0.25) is 0 Å². The van der Waals surface area contributed by atoms with Crippen LogP contribution < -0.4 is 0 Å². The highest BCUT2D eigenvalue weighted by Crippen LogP contribution is 2.28. The van der Waals surface area contributed by atoms with Gasteiger partial charge in [-0.05, 0) is 64.9 Å². The maximum Gasteiger partial charge on any atom is 0.166 e. The number of carbonyl (C=O) groups is 1. The molecule has 1 aliphatic carbocycles. The van der Waals surface area contributed by atoms with Crippen LogP contribution in [0, 0.1) is 12.8 Å². The van der Waals surface area contributed by atoms with Crippen LogP contribution in [0.25, 0.3) is 21.6 Å². The largest absolute Gasteiger partial charge is 0.306 e. The molecule has 0 N–H and O–H groups in total. The zero-order chi connectivity index (χ0) is 19.7. The van der Waals surface area contributed by atoms with Gasteiger partial charge in [-0.1, -0.05) is 11.3 Å². The summed E-state index contributed by atoms with van der Waals surface area (Å²) >= 11 is 1.53. The van der Waals surface area contributed by atoms with Gasteiger partial charge in [-0.25, -0.2) is 4.98 Å². The Bertz CT molecular complexity index is 991. The third-order valence-corrected chi connectivity index (χ3v) is 6.47. The molecule has 4 rings (SSSR count). The molecule has 1 fully saturated rings. The molecule has 0 aromatic carbocycles. The maximum absolute atomic E-state index is 12.8. The lowest BCUT2D eigenvalue weighted by Crippen LogP contribution is -2.34. The number of ketones is 1. The molecule has 0 atom stereocenters. The van der Waals surface area contributed by atoms with Gasteiger partial charge in [0.05, 0.1) is 5.52 Å². The second-order valence-electron chi connectivity index (χ2n) is 7.80. The summed E-state index contributed by atoms with van der Waals surface area (Å²) in [6, 6.07) is 6.48. The SMILES string of the molecule is Cc1nnc(-c2ccc3cnc(CC(=O)C4CCC(N(C)C)CC4)cc3n2)s1. The van der Waals surface area contributed by atoms with Crippen molar-refractivity contribution < 1.29 is 4.79 Å². The molecule has 0 bridgehead atoms. The summed E-state index contributed by atoms with van der Waals surface area (Å²) in [7, 11) is 4.24. The molecule has 28 heavy (non-hydrogen) atoms. The Morgan fingerprint density at radius 1 is 1.18 bits per heavy atom. The minimum Gasteiger partial charge on any atom is -0.306 e. The molecule has 146 valence electrons. The normalized spacial score (nSPS) is 20.0. The highest BCUT2D eigenvalue weighted by molar-refractivity contribution is 7.14. The van der Waals surface area contributed by atoms with Gasteiger partial charge in [0, 0.05) is 35.7 Å². The van der Waals surface area contributed by atoms with Crippen molar-refractivity contribution in [2.45, 2.75) is 45.1 Å². The number of nitrogens with zero attached hydrogens (tertiary/aromatic N) is 5. The van der Waals surface area contributed by atoms with Crippen molar-refractivity contribution in [1.29, 1.82) is 0 Å². The lowest BCUT2D eigenvalue weighted by atomic mass is 9.82. The first-order valence-electron chi connectivity index (χ1n) is 9.75. The van der Waals surface area contributed by atoms with Crippen molar-refractivity contribution >= 4 is 28.0 Å². The fraction of sp³-hybridized carbons (Fsp3) is 0.476. The van der Waals surface area contributed by atoms with Crippen molar-refractivity contribution in [1.82, 2.24) is 25.1 Å². The summed E-state index contributed by atoms with van der Waals surface area (Å²) < 4.78 is 0. The van der Waals surface area contributed by atoms with E-state index in [4.69, 9.17) is 4.98 Å². The van der Waals surface area contributed by atoms with Crippen molar-refractivity contribution in [3.63, 3.8) is 0 Å². The number of pyridine rings is 2. The predicted octanol–water partition coefficient (Wildman–Crippen LogP) is 3.69. The van der Waals surface area contributed by atoms with Crippen molar-refractivity contribution in [2.24, 2.45) is 5.92 Å². The third-order valence-electron chi connectivity index (χ3n) is 5.61. The summed E-state index contributed by atoms with van der Waals surface area (Å²) in [5.74, 6) is 0.470. The van der Waals surface area contributed by atoms with Crippen LogP contribution in [0.5, 0.6) is 0 Å². The van der Waals surface area contributed by atoms with Gasteiger partial charge in [0.25, 0.3) is 0 Å². The van der Waals surface area contributed by atoms with Crippen LogP contribution in [-0.2, 0) is 11.2 Å². The Morgan fingerprint density at radius 2 is 1.96 bits per heavy atom. The number of aryl methyl sites for hydroxylation is 1. The Hall–Kier alpha value is -2.25. The van der Waals surface area contributed by atoms with E-state index in [1.54, 1.807) is 0 Å². The molecule has 0 spiro atoms. The monoisotopic (exact) mass is 395 g/mol. The fourth-order valence-corrected chi connectivity index (χ4v) is 4.57. The smallest absolute Gasteiger partial charge is 0.166 e. The average molecular weight is 396 g/mol. The number of hydrogen-bond donors (Lipinski definition) is 0. The van der Waals surface area contributed by atoms with E-state index in [9.17, 15) is 4.79 Å². The average Bonchev–Trinajstić information content (AvgIpc) is 3.14. The Balaban J connectivity index is 1.49. The zero-order valence-corrected chi connectivity index (χ0v) is 17.4. The number of Topliss-reactive ketones (excluding diaryl/α,β-unsaturated/α-hetero) is 1. The fourth-order valence-electron chi connectivity index (χ4n) is 3.91. The standard InChI is InChI=1S/C21H25N5OS/c1-13-24-25-21(28-13)18-9-6-15-12-22-16(10-19(15)23-18)11-20(27)14-4-7-17(8-5-14)26(2)3/h6,9-10,12,14,17H,4-5,7-8,11H2,1-3H3. The van der Waals surface area contributed by atoms with Crippen LogP contribution in [-0.4, -0.2) is 51.0 Å². The van der Waals surface area contributed by atoms with Gasteiger partial charge in [-0.2, -0.15) is 0 Å². The quantitative estimate of drug-likeness (QED) is 0.656. The second kappa shape index (κ2) is 8.01. The summed E-state index contributed by atoms with van der Waals surface area (Å²) in [6.07, 6.45) is 6.35. The van der Waals surface area contributed by atoms with E-state index in [0.29, 0.717) is 18.2 Å². The molecule has 3 aromatic heterocycles. The molecule has 0 radical (unpaired) electrons. The first-order chi connectivity index (χ1) is 13.5. The van der Waals surface area contributed by atoms with E-state index in [2.05, 4.69) is 34.2 Å². The predicted molar refractivity (Wildman–Crippen MR) is 111 cm³/mol. The van der Waals surface area contributed by atoms with Gasteiger partial charge in [-0.15, -0.1) is 10.2 Å². The van der Waals surface area contributed by atoms with E-state index in [1.807, 2.05) is 31.3 Å². The van der Waals surface area contributed by atoms with Gasteiger partial charge in [0.1, 0.15) is 16.5 Å². The van der Waals surface area contributed by atoms with Crippen LogP contribution in [0.1, 0.15) is 36.4 Å². The molecule has 0 unspecified atom stereocenters. The van der Waals surface area contributed by atoms with E-state index in [0.717, 1.165) is 58.0 Å².